The van der Waals surface area contributed by atoms with Gasteiger partial charge in [-0.2, -0.15) is 0 Å². The Balaban J connectivity index is -0.000000361. The first-order chi connectivity index (χ1) is 44.7. The fraction of sp³-hybridized carbons (Fsp3) is 0.865. The van der Waals surface area contributed by atoms with E-state index in [0.29, 0.717) is 210 Å². The second kappa shape index (κ2) is 70.0. The van der Waals surface area contributed by atoms with E-state index in [9.17, 15) is 47.9 Å². The van der Waals surface area contributed by atoms with Crippen LogP contribution in [0.2, 0.25) is 0 Å². The van der Waals surface area contributed by atoms with Crippen LogP contribution in [0.25, 0.3) is 0 Å². The van der Waals surface area contributed by atoms with Crippen molar-refractivity contribution in [3.8, 4) is 0 Å². The van der Waals surface area contributed by atoms with E-state index in [1.165, 1.54) is 0 Å². The molecule has 0 saturated carbocycles. The highest BCUT2D eigenvalue weighted by molar-refractivity contribution is 5.87. The standard InChI is InChI=1S/C19H36O6.C17H32O5.C15H28O4.C13H24O3.C10H19NO2/c1-16(2)14-18(20)6-5-7-22-8-9-23-10-11-24-12-13-25-15-19(21)17(3)4;1-14(2)12-16(18)6-5-7-20-8-9-21-10-11-22-13-17(19)15(3)4;1-12(2)10-14(16)6-5-7-18-8-9-19-11-15(17)13(3)4;1-10(2)8-12(14)6-5-7-16-9-13(15)11(3)4;1-7(2)5-10(13)11-6-9(12)8(3)4/h16-17H,5-15H2,1-4H3;14-15H,5-13H2,1-4H3;12-13H,5-11H2,1-4H3;10-11H,5-9H2,1-4H3;7-8H,5-6H2,1-4H3,(H,11,13). The van der Waals surface area contributed by atoms with Crippen molar-refractivity contribution in [3.05, 3.63) is 0 Å². The van der Waals surface area contributed by atoms with Gasteiger partial charge in [-0.25, -0.2) is 0 Å². The molecule has 0 aliphatic carbocycles. The molecule has 0 atom stereocenters. The quantitative estimate of drug-likeness (QED) is 0.0554. The first kappa shape index (κ1) is 99.8. The first-order valence-electron chi connectivity index (χ1n) is 35.4. The number of ether oxygens (including phenoxy) is 10. The summed E-state index contributed by atoms with van der Waals surface area (Å²) in [4.78, 5) is 113. The molecule has 0 fully saturated rings. The summed E-state index contributed by atoms with van der Waals surface area (Å²) >= 11 is 0. The zero-order chi connectivity index (χ0) is 73.4. The minimum absolute atomic E-state index is 0.000602. The second-order valence-corrected chi connectivity index (χ2v) is 27.3. The van der Waals surface area contributed by atoms with Crippen LogP contribution in [0.1, 0.15) is 222 Å². The van der Waals surface area contributed by atoms with Gasteiger partial charge in [-0.05, 0) is 55.3 Å². The molecule has 0 aromatic heterocycles. The highest BCUT2D eigenvalue weighted by Crippen LogP contribution is 2.09. The summed E-state index contributed by atoms with van der Waals surface area (Å²) in [6.45, 7) is 47.6. The lowest BCUT2D eigenvalue weighted by Gasteiger charge is -2.08. The number of ketones is 9. The molecule has 0 unspecified atom stereocenters. The third kappa shape index (κ3) is 84.3. The summed E-state index contributed by atoms with van der Waals surface area (Å²) in [5, 5.41) is 2.61. The van der Waals surface area contributed by atoms with Crippen LogP contribution in [0.3, 0.4) is 0 Å². The lowest BCUT2D eigenvalue weighted by atomic mass is 10.0. The van der Waals surface area contributed by atoms with E-state index in [4.69, 9.17) is 47.4 Å². The molecule has 0 bridgehead atoms. The van der Waals surface area contributed by atoms with E-state index >= 15 is 0 Å². The van der Waals surface area contributed by atoms with Crippen molar-refractivity contribution >= 4 is 58.0 Å². The predicted octanol–water partition coefficient (Wildman–Crippen LogP) is 12.0. The van der Waals surface area contributed by atoms with Gasteiger partial charge in [0.1, 0.15) is 49.6 Å². The van der Waals surface area contributed by atoms with Gasteiger partial charge < -0.3 is 52.7 Å². The van der Waals surface area contributed by atoms with Crippen molar-refractivity contribution in [2.24, 2.45) is 59.2 Å². The van der Waals surface area contributed by atoms with Crippen molar-refractivity contribution in [2.45, 2.75) is 222 Å². The molecule has 0 aromatic rings. The van der Waals surface area contributed by atoms with Gasteiger partial charge in [0, 0.05) is 114 Å². The molecule has 1 N–H and O–H groups in total. The Morgan fingerprint density at radius 2 is 0.411 bits per heavy atom. The molecule has 0 aliphatic rings. The smallest absolute Gasteiger partial charge is 0.220 e. The van der Waals surface area contributed by atoms with Crippen LogP contribution in [0.5, 0.6) is 0 Å². The molecule has 21 nitrogen and oxygen atoms in total. The topological polar surface area (TPSA) is 275 Å². The molecule has 95 heavy (non-hydrogen) atoms. The molecule has 560 valence electrons. The number of carbonyl (C=O) groups excluding carboxylic acids is 10. The lowest BCUT2D eigenvalue weighted by molar-refractivity contribution is -0.127. The van der Waals surface area contributed by atoms with Crippen LogP contribution in [0.4, 0.5) is 0 Å². The van der Waals surface area contributed by atoms with Crippen LogP contribution in [0.15, 0.2) is 0 Å². The third-order valence-electron chi connectivity index (χ3n) is 13.0. The molecule has 21 heteroatoms. The van der Waals surface area contributed by atoms with Gasteiger partial charge in [-0.1, -0.05) is 138 Å². The fourth-order valence-corrected chi connectivity index (χ4v) is 7.23. The number of Topliss-reactive ketones (excluding diaryl/α,β-unsaturated/α-hetero) is 9. The largest absolute Gasteiger partial charge is 0.379 e. The number of amides is 1. The Kier molecular flexibility index (Phi) is 73.5. The first-order valence-corrected chi connectivity index (χ1v) is 35.4. The number of rotatable bonds is 59. The van der Waals surface area contributed by atoms with Crippen LogP contribution in [-0.2, 0) is 95.3 Å². The molecule has 0 rings (SSSR count). The summed E-state index contributed by atoms with van der Waals surface area (Å²) in [7, 11) is 0. The number of hydrogen-bond donors (Lipinski definition) is 1. The Labute approximate surface area is 576 Å². The zero-order valence-electron chi connectivity index (χ0n) is 63.5. The van der Waals surface area contributed by atoms with E-state index in [1.54, 1.807) is 0 Å². The normalized spacial score (nSPS) is 11.2. The molecule has 0 heterocycles. The van der Waals surface area contributed by atoms with Crippen molar-refractivity contribution in [1.29, 1.82) is 0 Å². The van der Waals surface area contributed by atoms with Gasteiger partial charge in [0.05, 0.1) is 85.8 Å². The minimum Gasteiger partial charge on any atom is -0.379 e. The molecular weight excluding hydrogens is 1220 g/mol. The van der Waals surface area contributed by atoms with E-state index in [0.717, 1.165) is 25.7 Å². The van der Waals surface area contributed by atoms with Crippen molar-refractivity contribution in [2.75, 3.05) is 139 Å². The minimum atomic E-state index is -0.0380. The Hall–Kier alpha value is -3.90. The van der Waals surface area contributed by atoms with Gasteiger partial charge in [0.15, 0.2) is 28.9 Å². The lowest BCUT2D eigenvalue weighted by Crippen LogP contribution is -2.32. The van der Waals surface area contributed by atoms with Gasteiger partial charge in [0.25, 0.3) is 0 Å². The molecule has 0 radical (unpaired) electrons. The zero-order valence-corrected chi connectivity index (χ0v) is 63.5. The van der Waals surface area contributed by atoms with E-state index in [-0.39, 0.29) is 103 Å². The molecule has 1 amide bonds. The summed E-state index contributed by atoms with van der Waals surface area (Å²) < 4.78 is 53.0. The summed E-state index contributed by atoms with van der Waals surface area (Å²) in [5.74, 6) is 3.83. The maximum atomic E-state index is 11.5. The molecular formula is C74H139NO20. The highest BCUT2D eigenvalue weighted by atomic mass is 16.6. The van der Waals surface area contributed by atoms with Crippen LogP contribution in [0, 0.1) is 59.2 Å². The second-order valence-electron chi connectivity index (χ2n) is 27.3. The molecule has 0 aromatic carbocycles. The maximum absolute atomic E-state index is 11.5. The van der Waals surface area contributed by atoms with Gasteiger partial charge >= 0.3 is 0 Å². The number of carbonyl (C=O) groups is 10. The SMILES string of the molecule is CC(C)CC(=O)CCCOCC(=O)C(C)C.CC(C)CC(=O)CCCOCCOCC(=O)C(C)C.CC(C)CC(=O)CCCOCCOCCOCC(=O)C(C)C.CC(C)CC(=O)CCCOCCOCCOCCOCC(=O)C(C)C.CC(C)CC(=O)NCC(=O)C(C)C. The van der Waals surface area contributed by atoms with Gasteiger partial charge in [0.2, 0.25) is 5.91 Å². The summed E-state index contributed by atoms with van der Waals surface area (Å²) in [6.07, 6.45) is 8.46. The predicted molar refractivity (Wildman–Crippen MR) is 375 cm³/mol. The average molecular weight is 1360 g/mol. The van der Waals surface area contributed by atoms with Crippen molar-refractivity contribution in [1.82, 2.24) is 5.32 Å². The summed E-state index contributed by atoms with van der Waals surface area (Å²) in [5.41, 5.74) is 0. The molecule has 0 spiro atoms. The molecule has 0 aliphatic heterocycles. The number of hydrogen-bond acceptors (Lipinski definition) is 20. The summed E-state index contributed by atoms with van der Waals surface area (Å²) in [6, 6.07) is 0. The van der Waals surface area contributed by atoms with Crippen LogP contribution >= 0.6 is 0 Å². The maximum Gasteiger partial charge on any atom is 0.220 e. The van der Waals surface area contributed by atoms with E-state index in [2.05, 4.69) is 19.2 Å². The van der Waals surface area contributed by atoms with E-state index < -0.39 is 0 Å². The highest BCUT2D eigenvalue weighted by Gasteiger charge is 2.13. The number of nitrogens with one attached hydrogen (secondary N) is 1. The average Bonchev–Trinajstić information content (AvgIpc) is 3.71. The Morgan fingerprint density at radius 3 is 0.611 bits per heavy atom. The monoisotopic (exact) mass is 1360 g/mol. The third-order valence-corrected chi connectivity index (χ3v) is 13.0. The fourth-order valence-electron chi connectivity index (χ4n) is 7.23. The van der Waals surface area contributed by atoms with Gasteiger partial charge in [-0.3, -0.25) is 47.9 Å². The molecule has 0 saturated heterocycles. The Bertz CT molecular complexity index is 1930. The van der Waals surface area contributed by atoms with Crippen LogP contribution < -0.4 is 5.32 Å². The van der Waals surface area contributed by atoms with Gasteiger partial charge in [-0.15, -0.1) is 0 Å². The van der Waals surface area contributed by atoms with Crippen LogP contribution in [-0.4, -0.2) is 197 Å². The van der Waals surface area contributed by atoms with Crippen molar-refractivity contribution < 1.29 is 95.3 Å². The Morgan fingerprint density at radius 1 is 0.232 bits per heavy atom. The van der Waals surface area contributed by atoms with Crippen molar-refractivity contribution in [3.63, 3.8) is 0 Å². The van der Waals surface area contributed by atoms with E-state index in [1.807, 2.05) is 125 Å².